The van der Waals surface area contributed by atoms with Gasteiger partial charge in [-0.2, -0.15) is 46.7 Å². The number of nitrogens with zero attached hydrogens (tertiary/aromatic N) is 10. The SMILES string of the molecule is CN(CCCN=c1ccc2nc3c(Cl)c4c(c(Cl)c3oc-2c1S(=O)(=O)O)Nc1ccc(NCCCN(C)c2nc(Cl)nc(Nc3cccc(S(=O)(=O)[O-])c3)n2)c(S(=O)(=O)O)c1O4)c1nc(Cl)nc(Nc2cccc(S(=O)(=O)[O-])c2)n1.[Na+].[Na+]. The quantitative estimate of drug-likeness (QED) is 0.0284. The molecule has 6 N–H and O–H groups in total. The number of ether oxygens (including phenoxy) is 1. The maximum absolute atomic E-state index is 13.1. The molecule has 0 unspecified atom stereocenters. The van der Waals surface area contributed by atoms with Crippen molar-refractivity contribution >= 4 is 150 Å². The van der Waals surface area contributed by atoms with E-state index in [9.17, 15) is 51.9 Å². The van der Waals surface area contributed by atoms with Crippen LogP contribution in [0.1, 0.15) is 12.8 Å². The third kappa shape index (κ3) is 14.7. The first kappa shape index (κ1) is 64.5. The Bertz CT molecular complexity index is 4340. The minimum absolute atomic E-state index is 0. The predicted molar refractivity (Wildman–Crippen MR) is 290 cm³/mol. The molecule has 2 aromatic heterocycles. The first-order valence-corrected chi connectivity index (χ1v) is 29.8. The fourth-order valence-corrected chi connectivity index (χ4v) is 11.3. The number of hydrogen-bond acceptors (Lipinski definition) is 26. The molecule has 0 saturated heterocycles. The van der Waals surface area contributed by atoms with E-state index in [-0.39, 0.29) is 198 Å². The van der Waals surface area contributed by atoms with Crippen LogP contribution in [0.3, 0.4) is 0 Å². The van der Waals surface area contributed by atoms with Crippen molar-refractivity contribution in [2.24, 2.45) is 4.99 Å². The van der Waals surface area contributed by atoms with Crippen LogP contribution in [0.5, 0.6) is 11.5 Å². The standard InChI is InChI=1S/C44H38Cl4N14O14S4.2Na/c1-61(43-57-39(47)55-41(59-43)51-21-7-3-9-23(19-21)77(63,64)65)17-5-15-49-27-13-11-25-33(37(27)79(69,70)71)75-35-29(45)32-36(30(46)31(35)53-25)76-34-26(54-32)12-14-28(38(34)80(72,73)74)50-16-6-18-62(2)44-58-40(48)56-42(60-44)52-22-8-4-10-24(20-22)78(66,67)68;;/h3-4,7-14,19-20,49,53H,5-6,15-18H2,1-2H3,(H,63,64,65)(H,66,67,68)(H,69,70,71)(H,72,73,74)(H,51,55,57,59)(H,52,56,58,60);;/q;2*+1/p-2. The second-order valence-electron chi connectivity index (χ2n) is 17.0. The monoisotopic (exact) mass is 1300 g/mol. The van der Waals surface area contributed by atoms with E-state index in [1.807, 2.05) is 0 Å². The molecule has 28 nitrogen and oxygen atoms in total. The summed E-state index contributed by atoms with van der Waals surface area (Å²) in [6, 6.07) is 15.5. The molecule has 0 spiro atoms. The van der Waals surface area contributed by atoms with Crippen molar-refractivity contribution in [2.45, 2.75) is 32.4 Å². The number of benzene rings is 5. The molecule has 0 fully saturated rings. The molecule has 82 heavy (non-hydrogen) atoms. The Labute approximate surface area is 530 Å². The number of aromatic nitrogens is 7. The van der Waals surface area contributed by atoms with E-state index in [4.69, 9.17) is 55.6 Å². The zero-order chi connectivity index (χ0) is 57.6. The van der Waals surface area contributed by atoms with Gasteiger partial charge in [0.05, 0.1) is 26.5 Å². The smallest absolute Gasteiger partial charge is 0.744 e. The van der Waals surface area contributed by atoms with Crippen LogP contribution in [-0.4, -0.2) is 127 Å². The molecule has 4 aromatic carbocycles. The molecule has 4 heterocycles. The van der Waals surface area contributed by atoms with Gasteiger partial charge in [0.15, 0.2) is 32.6 Å². The van der Waals surface area contributed by atoms with E-state index in [0.717, 1.165) is 24.3 Å². The average molecular weight is 1300 g/mol. The molecule has 1 aliphatic carbocycles. The molecule has 0 saturated carbocycles. The normalized spacial score (nSPS) is 12.5. The average Bonchev–Trinajstić information content (AvgIpc) is 3.43. The second-order valence-corrected chi connectivity index (χ2v) is 23.9. The van der Waals surface area contributed by atoms with E-state index in [0.29, 0.717) is 6.42 Å². The van der Waals surface area contributed by atoms with Gasteiger partial charge in [-0.15, -0.1) is 0 Å². The predicted octanol–water partition coefficient (Wildman–Crippen LogP) is 0.928. The third-order valence-corrected chi connectivity index (χ3v) is 16.0. The van der Waals surface area contributed by atoms with Gasteiger partial charge in [-0.1, -0.05) is 35.3 Å². The summed E-state index contributed by atoms with van der Waals surface area (Å²) >= 11 is 26.1. The van der Waals surface area contributed by atoms with E-state index in [2.05, 4.69) is 61.1 Å². The second kappa shape index (κ2) is 25.6. The van der Waals surface area contributed by atoms with Gasteiger partial charge in [-0.05, 0) is 96.7 Å². The van der Waals surface area contributed by atoms with Gasteiger partial charge in [0.25, 0.3) is 10.1 Å². The van der Waals surface area contributed by atoms with E-state index < -0.39 is 65.8 Å². The van der Waals surface area contributed by atoms with E-state index in [1.165, 1.54) is 48.5 Å². The maximum atomic E-state index is 13.1. The molecule has 420 valence electrons. The van der Waals surface area contributed by atoms with Crippen LogP contribution in [0, 0.1) is 0 Å². The summed E-state index contributed by atoms with van der Waals surface area (Å²) in [5.41, 5.74) is -0.402. The Kier molecular flexibility index (Phi) is 20.2. The molecule has 3 aliphatic rings. The number of halogens is 4. The number of fused-ring (bicyclic) bond motifs is 4. The summed E-state index contributed by atoms with van der Waals surface area (Å²) in [4.78, 5) is 34.5. The van der Waals surface area contributed by atoms with Crippen LogP contribution >= 0.6 is 46.4 Å². The van der Waals surface area contributed by atoms with Gasteiger partial charge in [0, 0.05) is 51.6 Å². The minimum Gasteiger partial charge on any atom is -0.744 e. The third-order valence-electron chi connectivity index (χ3n) is 11.4. The topological polar surface area (TPSA) is 403 Å². The summed E-state index contributed by atoms with van der Waals surface area (Å²) in [6.07, 6.45) is 0.559. The zero-order valence-corrected chi connectivity index (χ0v) is 52.9. The molecule has 0 atom stereocenters. The molecule has 9 rings (SSSR count). The molecule has 0 radical (unpaired) electrons. The molecular formula is C44H36Cl4N14Na2O14S4. The summed E-state index contributed by atoms with van der Waals surface area (Å²) in [6.45, 7) is 0.530. The maximum Gasteiger partial charge on any atom is 1.00 e. The van der Waals surface area contributed by atoms with Gasteiger partial charge >= 0.3 is 69.2 Å². The summed E-state index contributed by atoms with van der Waals surface area (Å²) in [7, 11) is -16.4. The van der Waals surface area contributed by atoms with Gasteiger partial charge in [-0.25, -0.2) is 21.8 Å². The van der Waals surface area contributed by atoms with Crippen LogP contribution in [0.25, 0.3) is 22.6 Å². The van der Waals surface area contributed by atoms with Crippen LogP contribution in [0.2, 0.25) is 20.6 Å². The Balaban J connectivity index is 0.00000484. The summed E-state index contributed by atoms with van der Waals surface area (Å²) in [5.74, 6) is -1.05. The largest absolute Gasteiger partial charge is 1.00 e. The van der Waals surface area contributed by atoms with Crippen LogP contribution < -0.4 is 100 Å². The fourth-order valence-electron chi connectivity index (χ4n) is 7.85. The number of nitrogens with one attached hydrogen (secondary N) is 4. The van der Waals surface area contributed by atoms with Crippen molar-refractivity contribution in [2.75, 3.05) is 71.3 Å². The number of hydrogen-bond donors (Lipinski definition) is 6. The van der Waals surface area contributed by atoms with Crippen LogP contribution in [0.15, 0.2) is 102 Å². The van der Waals surface area contributed by atoms with Crippen molar-refractivity contribution in [1.82, 2.24) is 34.9 Å². The molecule has 0 amide bonds. The summed E-state index contributed by atoms with van der Waals surface area (Å²) in [5, 5.41) is 10.3. The van der Waals surface area contributed by atoms with Crippen molar-refractivity contribution < 1.29 is 120 Å². The molecule has 2 aliphatic heterocycles. The molecular weight excluding hydrogens is 1260 g/mol. The van der Waals surface area contributed by atoms with Crippen LogP contribution in [0.4, 0.5) is 52.2 Å². The Morgan fingerprint density at radius 1 is 0.659 bits per heavy atom. The van der Waals surface area contributed by atoms with Crippen molar-refractivity contribution in [1.29, 1.82) is 0 Å². The van der Waals surface area contributed by atoms with Gasteiger partial charge in [0.1, 0.15) is 47.2 Å². The van der Waals surface area contributed by atoms with Crippen molar-refractivity contribution in [3.63, 3.8) is 0 Å². The van der Waals surface area contributed by atoms with E-state index >= 15 is 0 Å². The summed E-state index contributed by atoms with van der Waals surface area (Å²) < 4.78 is 155. The van der Waals surface area contributed by atoms with Gasteiger partial charge in [-0.3, -0.25) is 14.1 Å². The Morgan fingerprint density at radius 3 is 1.74 bits per heavy atom. The first-order chi connectivity index (χ1) is 37.6. The first-order valence-electron chi connectivity index (χ1n) is 22.6. The minimum atomic E-state index is -5.10. The van der Waals surface area contributed by atoms with Crippen molar-refractivity contribution in [3.05, 3.63) is 98.8 Å². The fraction of sp³-hybridized carbons (Fsp3) is 0.182. The Hall–Kier alpha value is -5.08. The number of rotatable bonds is 19. The van der Waals surface area contributed by atoms with Gasteiger partial charge < -0.3 is 49.3 Å². The van der Waals surface area contributed by atoms with Crippen molar-refractivity contribution in [3.8, 4) is 23.0 Å². The van der Waals surface area contributed by atoms with E-state index in [1.54, 1.807) is 23.9 Å². The molecule has 38 heteroatoms. The molecule has 0 bridgehead atoms. The van der Waals surface area contributed by atoms with Crippen LogP contribution in [-0.2, 0) is 40.5 Å². The van der Waals surface area contributed by atoms with Gasteiger partial charge in [0.2, 0.25) is 34.4 Å². The number of anilines is 9. The zero-order valence-electron chi connectivity index (χ0n) is 42.6. The molecule has 6 aromatic rings. The Morgan fingerprint density at radius 2 is 1.21 bits per heavy atom.